The first kappa shape index (κ1) is 4.91. The van der Waals surface area contributed by atoms with Crippen LogP contribution in [0.4, 0.5) is 0 Å². The summed E-state index contributed by atoms with van der Waals surface area (Å²) in [6, 6.07) is 0. The lowest BCUT2D eigenvalue weighted by Crippen LogP contribution is -1.94. The average Bonchev–Trinajstić information content (AvgIpc) is 1.69. The van der Waals surface area contributed by atoms with Gasteiger partial charge >= 0.3 is 0 Å². The number of allylic oxidation sites excluding steroid dienone is 1. The molecular weight excluding hydrogens is 106 g/mol. The third kappa shape index (κ3) is 1.35. The van der Waals surface area contributed by atoms with Crippen molar-refractivity contribution >= 4 is 18.8 Å². The maximum absolute atomic E-state index is 4.11. The summed E-state index contributed by atoms with van der Waals surface area (Å²) >= 11 is 4.11. The van der Waals surface area contributed by atoms with Crippen LogP contribution < -0.4 is 0 Å². The molecule has 1 atom stereocenters. The molecule has 0 aromatic rings. The number of rotatable bonds is 0. The average molecular weight is 113 g/mol. The second kappa shape index (κ2) is 2.17. The predicted octanol–water partition coefficient (Wildman–Crippen LogP) is 1.27. The van der Waals surface area contributed by atoms with E-state index in [0.29, 0.717) is 0 Å². The summed E-state index contributed by atoms with van der Waals surface area (Å²) in [5, 5.41) is 0.213. The minimum atomic E-state index is 0.213. The molecule has 2 heteroatoms. The maximum atomic E-state index is 4.11. The lowest BCUT2D eigenvalue weighted by molar-refractivity contribution is 0.938. The van der Waals surface area contributed by atoms with Gasteiger partial charge in [0.2, 0.25) is 0 Å². The van der Waals surface area contributed by atoms with E-state index in [2.05, 4.69) is 23.7 Å². The fourth-order valence-electron chi connectivity index (χ4n) is 0.471. The van der Waals surface area contributed by atoms with Crippen LogP contribution in [0.1, 0.15) is 6.42 Å². The molecule has 0 aliphatic carbocycles. The molecule has 1 aliphatic heterocycles. The molecule has 0 fully saturated rings. The molecule has 1 nitrogen and oxygen atoms in total. The van der Waals surface area contributed by atoms with Crippen molar-refractivity contribution in [2.45, 2.75) is 11.8 Å². The number of hydrogen-bond acceptors (Lipinski definition) is 2. The van der Waals surface area contributed by atoms with Gasteiger partial charge in [0.25, 0.3) is 0 Å². The van der Waals surface area contributed by atoms with E-state index in [-0.39, 0.29) is 5.37 Å². The largest absolute Gasteiger partial charge is 0.279 e. The highest BCUT2D eigenvalue weighted by Crippen LogP contribution is 2.05. The quantitative estimate of drug-likeness (QED) is 0.454. The van der Waals surface area contributed by atoms with Gasteiger partial charge in [-0.1, -0.05) is 6.08 Å². The SMILES string of the molecule is SC1CC=CC=N1. The van der Waals surface area contributed by atoms with E-state index in [1.165, 1.54) is 0 Å². The van der Waals surface area contributed by atoms with Crippen molar-refractivity contribution in [3.63, 3.8) is 0 Å². The van der Waals surface area contributed by atoms with Gasteiger partial charge in [0, 0.05) is 6.21 Å². The molecule has 0 N–H and O–H groups in total. The first-order chi connectivity index (χ1) is 3.39. The first-order valence-corrected chi connectivity index (χ1v) is 2.77. The van der Waals surface area contributed by atoms with Gasteiger partial charge in [-0.3, -0.25) is 4.99 Å². The van der Waals surface area contributed by atoms with Crippen molar-refractivity contribution < 1.29 is 0 Å². The summed E-state index contributed by atoms with van der Waals surface area (Å²) in [6.45, 7) is 0. The van der Waals surface area contributed by atoms with E-state index in [1.807, 2.05) is 6.08 Å². The molecule has 0 saturated carbocycles. The number of aliphatic imine (C=N–C) groups is 1. The fraction of sp³-hybridized carbons (Fsp3) is 0.400. The Labute approximate surface area is 48.6 Å². The Hall–Kier alpha value is -0.240. The fourth-order valence-corrected chi connectivity index (χ4v) is 0.670. The van der Waals surface area contributed by atoms with Crippen LogP contribution in [0, 0.1) is 0 Å². The van der Waals surface area contributed by atoms with Crippen molar-refractivity contribution in [2.75, 3.05) is 0 Å². The molecule has 0 aromatic heterocycles. The zero-order valence-electron chi connectivity index (χ0n) is 3.91. The zero-order valence-corrected chi connectivity index (χ0v) is 4.81. The van der Waals surface area contributed by atoms with E-state index in [0.717, 1.165) is 6.42 Å². The minimum absolute atomic E-state index is 0.213. The van der Waals surface area contributed by atoms with Crippen LogP contribution in [-0.2, 0) is 0 Å². The van der Waals surface area contributed by atoms with E-state index >= 15 is 0 Å². The van der Waals surface area contributed by atoms with Crippen molar-refractivity contribution in [3.8, 4) is 0 Å². The van der Waals surface area contributed by atoms with E-state index < -0.39 is 0 Å². The minimum Gasteiger partial charge on any atom is -0.279 e. The molecular formula is C5H7NS. The lowest BCUT2D eigenvalue weighted by atomic mass is 10.3. The number of nitrogens with zero attached hydrogens (tertiary/aromatic N) is 1. The van der Waals surface area contributed by atoms with E-state index in [9.17, 15) is 0 Å². The summed E-state index contributed by atoms with van der Waals surface area (Å²) < 4.78 is 0. The molecule has 1 unspecified atom stereocenters. The molecule has 7 heavy (non-hydrogen) atoms. The van der Waals surface area contributed by atoms with Gasteiger partial charge in [-0.25, -0.2) is 0 Å². The van der Waals surface area contributed by atoms with Crippen molar-refractivity contribution in [2.24, 2.45) is 4.99 Å². The highest BCUT2D eigenvalue weighted by molar-refractivity contribution is 7.80. The Balaban J connectivity index is 2.49. The second-order valence-corrected chi connectivity index (χ2v) is 2.04. The standard InChI is InChI=1S/C5H7NS/c7-5-3-1-2-4-6-5/h1-2,4-5,7H,3H2. The molecule has 0 amide bonds. The summed E-state index contributed by atoms with van der Waals surface area (Å²) in [6.07, 6.45) is 6.75. The predicted molar refractivity (Wildman–Crippen MR) is 35.0 cm³/mol. The van der Waals surface area contributed by atoms with Crippen molar-refractivity contribution in [1.82, 2.24) is 0 Å². The summed E-state index contributed by atoms with van der Waals surface area (Å²) in [5.74, 6) is 0. The Morgan fingerprint density at radius 1 is 1.71 bits per heavy atom. The normalized spacial score (nSPS) is 28.4. The van der Waals surface area contributed by atoms with Gasteiger partial charge in [0.15, 0.2) is 0 Å². The maximum Gasteiger partial charge on any atom is 0.0957 e. The number of thiol groups is 1. The Morgan fingerprint density at radius 3 is 2.86 bits per heavy atom. The molecule has 1 aliphatic rings. The van der Waals surface area contributed by atoms with Gasteiger partial charge in [0.05, 0.1) is 5.37 Å². The highest BCUT2D eigenvalue weighted by Gasteiger charge is 1.95. The third-order valence-electron chi connectivity index (χ3n) is 0.827. The number of hydrogen-bond donors (Lipinski definition) is 1. The van der Waals surface area contributed by atoms with E-state index in [1.54, 1.807) is 6.21 Å². The summed E-state index contributed by atoms with van der Waals surface area (Å²) in [7, 11) is 0. The molecule has 0 spiro atoms. The van der Waals surface area contributed by atoms with Crippen LogP contribution in [0.3, 0.4) is 0 Å². The smallest absolute Gasteiger partial charge is 0.0957 e. The van der Waals surface area contributed by atoms with Crippen LogP contribution in [0.5, 0.6) is 0 Å². The molecule has 1 rings (SSSR count). The third-order valence-corrected chi connectivity index (χ3v) is 1.17. The second-order valence-electron chi connectivity index (χ2n) is 1.44. The topological polar surface area (TPSA) is 12.4 Å². The summed E-state index contributed by atoms with van der Waals surface area (Å²) in [4.78, 5) is 3.98. The van der Waals surface area contributed by atoms with Gasteiger partial charge < -0.3 is 0 Å². The molecule has 38 valence electrons. The molecule has 0 aromatic carbocycles. The Kier molecular flexibility index (Phi) is 1.52. The highest BCUT2D eigenvalue weighted by atomic mass is 32.1. The molecule has 0 radical (unpaired) electrons. The van der Waals surface area contributed by atoms with Crippen LogP contribution in [-0.4, -0.2) is 11.6 Å². The molecule has 0 bridgehead atoms. The van der Waals surface area contributed by atoms with Gasteiger partial charge in [0.1, 0.15) is 0 Å². The van der Waals surface area contributed by atoms with E-state index in [4.69, 9.17) is 0 Å². The monoisotopic (exact) mass is 113 g/mol. The van der Waals surface area contributed by atoms with Crippen LogP contribution in [0.2, 0.25) is 0 Å². The van der Waals surface area contributed by atoms with Gasteiger partial charge in [-0.2, -0.15) is 12.6 Å². The Bertz CT molecular complexity index is 107. The molecule has 0 saturated heterocycles. The van der Waals surface area contributed by atoms with Crippen molar-refractivity contribution in [3.05, 3.63) is 12.2 Å². The first-order valence-electron chi connectivity index (χ1n) is 2.26. The summed E-state index contributed by atoms with van der Waals surface area (Å²) in [5.41, 5.74) is 0. The van der Waals surface area contributed by atoms with Crippen LogP contribution in [0.25, 0.3) is 0 Å². The van der Waals surface area contributed by atoms with Gasteiger partial charge in [-0.15, -0.1) is 0 Å². The van der Waals surface area contributed by atoms with Gasteiger partial charge in [-0.05, 0) is 12.5 Å². The van der Waals surface area contributed by atoms with Crippen molar-refractivity contribution in [1.29, 1.82) is 0 Å². The molecule has 1 heterocycles. The lowest BCUT2D eigenvalue weighted by Gasteiger charge is -2.01. The zero-order chi connectivity index (χ0) is 5.11. The number of dihydropyridines is 1. The Morgan fingerprint density at radius 2 is 2.57 bits per heavy atom. The van der Waals surface area contributed by atoms with Crippen LogP contribution >= 0.6 is 12.6 Å². The van der Waals surface area contributed by atoms with Crippen LogP contribution in [0.15, 0.2) is 17.1 Å².